The number of nitrogens with two attached hydrogens (primary N) is 1. The van der Waals surface area contributed by atoms with Crippen molar-refractivity contribution in [1.29, 1.82) is 0 Å². The van der Waals surface area contributed by atoms with Gasteiger partial charge in [-0.25, -0.2) is 24.6 Å². The lowest BCUT2D eigenvalue weighted by Crippen LogP contribution is -2.38. The van der Waals surface area contributed by atoms with Crippen molar-refractivity contribution in [3.05, 3.63) is 36.7 Å². The second-order valence-electron chi connectivity index (χ2n) is 7.20. The molecule has 4 aromatic heterocycles. The van der Waals surface area contributed by atoms with Crippen LogP contribution in [0.4, 0.5) is 5.82 Å². The van der Waals surface area contributed by atoms with E-state index in [2.05, 4.69) is 30.4 Å². The number of aryl methyl sites for hydroxylation is 1. The highest BCUT2D eigenvalue weighted by Crippen LogP contribution is 2.31. The van der Waals surface area contributed by atoms with Crippen LogP contribution < -0.4 is 11.1 Å². The summed E-state index contributed by atoms with van der Waals surface area (Å²) in [5, 5.41) is 29.7. The number of nitrogens with zero attached hydrogens (tertiary/aromatic N) is 7. The zero-order chi connectivity index (χ0) is 20.8. The first kappa shape index (κ1) is 18.8. The zero-order valence-corrected chi connectivity index (χ0v) is 16.1. The van der Waals surface area contributed by atoms with Gasteiger partial charge in [0.25, 0.3) is 0 Å². The topological polar surface area (TPSA) is 162 Å². The molecule has 0 amide bonds. The van der Waals surface area contributed by atoms with Gasteiger partial charge in [-0.05, 0) is 19.1 Å². The predicted octanol–water partition coefficient (Wildman–Crippen LogP) is -0.672. The van der Waals surface area contributed by atoms with Gasteiger partial charge < -0.3 is 20.7 Å². The molecule has 4 unspecified atom stereocenters. The van der Waals surface area contributed by atoms with Crippen LogP contribution in [0.25, 0.3) is 22.2 Å². The van der Waals surface area contributed by atoms with E-state index in [-0.39, 0.29) is 5.82 Å². The molecule has 4 aromatic rings. The molecule has 1 fully saturated rings. The minimum atomic E-state index is -1.15. The Kier molecular flexibility index (Phi) is 4.55. The van der Waals surface area contributed by atoms with Gasteiger partial charge >= 0.3 is 0 Å². The second-order valence-corrected chi connectivity index (χ2v) is 7.20. The predicted molar refractivity (Wildman–Crippen MR) is 106 cm³/mol. The number of aromatic nitrogens is 7. The highest BCUT2D eigenvalue weighted by molar-refractivity contribution is 5.81. The molecule has 30 heavy (non-hydrogen) atoms. The third-order valence-corrected chi connectivity index (χ3v) is 5.30. The molecule has 4 atom stereocenters. The Morgan fingerprint density at radius 2 is 2.03 bits per heavy atom. The highest BCUT2D eigenvalue weighted by Gasteiger charge is 2.44. The molecular weight excluding hydrogens is 390 g/mol. The fourth-order valence-corrected chi connectivity index (χ4v) is 3.77. The van der Waals surface area contributed by atoms with Crippen molar-refractivity contribution in [3.8, 4) is 0 Å². The first-order valence-electron chi connectivity index (χ1n) is 9.48. The lowest BCUT2D eigenvalue weighted by atomic mass is 10.1. The summed E-state index contributed by atoms with van der Waals surface area (Å²) in [6, 6.07) is 3.84. The number of rotatable bonds is 5. The van der Waals surface area contributed by atoms with Gasteiger partial charge in [-0.1, -0.05) is 0 Å². The largest absolute Gasteiger partial charge is 0.387 e. The maximum absolute atomic E-state index is 10.5. The molecule has 0 spiro atoms. The van der Waals surface area contributed by atoms with Gasteiger partial charge in [-0.15, -0.1) is 0 Å². The number of nitrogens with one attached hydrogen (secondary N) is 1. The molecule has 0 aliphatic carbocycles. The Morgan fingerprint density at radius 1 is 1.17 bits per heavy atom. The summed E-state index contributed by atoms with van der Waals surface area (Å²) >= 11 is 0. The van der Waals surface area contributed by atoms with E-state index in [1.807, 2.05) is 19.1 Å². The summed E-state index contributed by atoms with van der Waals surface area (Å²) in [6.45, 7) is 2.61. The van der Waals surface area contributed by atoms with Crippen molar-refractivity contribution in [2.75, 3.05) is 12.3 Å². The van der Waals surface area contributed by atoms with Crippen molar-refractivity contribution >= 4 is 28.0 Å². The number of aliphatic hydroxyl groups excluding tert-OH is 2. The molecule has 0 aromatic carbocycles. The molecule has 0 radical (unpaired) electrons. The van der Waals surface area contributed by atoms with E-state index in [1.165, 1.54) is 12.7 Å². The van der Waals surface area contributed by atoms with E-state index in [4.69, 9.17) is 10.5 Å². The molecule has 0 saturated carbocycles. The van der Waals surface area contributed by atoms with Crippen molar-refractivity contribution in [2.45, 2.75) is 38.1 Å². The van der Waals surface area contributed by atoms with Gasteiger partial charge in [0, 0.05) is 18.1 Å². The monoisotopic (exact) mass is 411 g/mol. The number of imidazole rings is 1. The molecule has 5 N–H and O–H groups in total. The number of ether oxygens (including phenoxy) is 1. The Hall–Kier alpha value is -3.19. The highest BCUT2D eigenvalue weighted by atomic mass is 16.6. The van der Waals surface area contributed by atoms with Gasteiger partial charge in [-0.3, -0.25) is 9.88 Å². The minimum absolute atomic E-state index is 0.236. The fourth-order valence-electron chi connectivity index (χ4n) is 3.77. The number of hydrogen-bond donors (Lipinski definition) is 4. The van der Waals surface area contributed by atoms with Crippen LogP contribution >= 0.6 is 0 Å². The Balaban J connectivity index is 1.29. The standard InChI is InChI=1S/C18H21N9O3/c1-9-10-3-2-4-21-16(10)27(25-9)7-20-5-11-13(28)14(29)18(30-11)26-8-24-12-15(19)22-6-23-17(12)26/h2-4,6,8,11,13-14,18,20,28-29H,5,7H2,1H3,(H2,19,22,23). The first-order valence-corrected chi connectivity index (χ1v) is 9.48. The van der Waals surface area contributed by atoms with Crippen LogP contribution in [0, 0.1) is 6.92 Å². The molecule has 1 aliphatic heterocycles. The summed E-state index contributed by atoms with van der Waals surface area (Å²) in [6.07, 6.45) is 0.774. The van der Waals surface area contributed by atoms with E-state index in [0.717, 1.165) is 16.7 Å². The van der Waals surface area contributed by atoms with Crippen LogP contribution in [-0.4, -0.2) is 69.4 Å². The smallest absolute Gasteiger partial charge is 0.167 e. The van der Waals surface area contributed by atoms with Gasteiger partial charge in [0.15, 0.2) is 23.3 Å². The summed E-state index contributed by atoms with van der Waals surface area (Å²) < 4.78 is 9.23. The average molecular weight is 411 g/mol. The lowest BCUT2D eigenvalue weighted by Gasteiger charge is -2.16. The number of fused-ring (bicyclic) bond motifs is 2. The van der Waals surface area contributed by atoms with Crippen LogP contribution in [0.2, 0.25) is 0 Å². The minimum Gasteiger partial charge on any atom is -0.387 e. The van der Waals surface area contributed by atoms with Crippen LogP contribution in [0.15, 0.2) is 31.0 Å². The number of nitrogen functional groups attached to an aromatic ring is 1. The number of aliphatic hydroxyl groups is 2. The molecule has 12 heteroatoms. The van der Waals surface area contributed by atoms with Crippen molar-refractivity contribution in [1.82, 2.24) is 39.6 Å². The molecule has 5 heterocycles. The average Bonchev–Trinajstić information content (AvgIpc) is 3.40. The molecule has 0 bridgehead atoms. The summed E-state index contributed by atoms with van der Waals surface area (Å²) in [7, 11) is 0. The lowest BCUT2D eigenvalue weighted by molar-refractivity contribution is -0.0345. The second kappa shape index (κ2) is 7.25. The molecule has 12 nitrogen and oxygen atoms in total. The maximum Gasteiger partial charge on any atom is 0.167 e. The molecular formula is C18H21N9O3. The quantitative estimate of drug-likeness (QED) is 0.331. The van der Waals surface area contributed by atoms with Crippen LogP contribution in [0.5, 0.6) is 0 Å². The fraction of sp³-hybridized carbons (Fsp3) is 0.389. The number of anilines is 1. The summed E-state index contributed by atoms with van der Waals surface area (Å²) in [5.41, 5.74) is 8.32. The van der Waals surface area contributed by atoms with Crippen molar-refractivity contribution < 1.29 is 14.9 Å². The van der Waals surface area contributed by atoms with E-state index < -0.39 is 24.5 Å². The van der Waals surface area contributed by atoms with Gasteiger partial charge in [-0.2, -0.15) is 5.10 Å². The van der Waals surface area contributed by atoms with Crippen LogP contribution in [-0.2, 0) is 11.4 Å². The molecule has 1 saturated heterocycles. The van der Waals surface area contributed by atoms with Gasteiger partial charge in [0.05, 0.1) is 18.7 Å². The summed E-state index contributed by atoms with van der Waals surface area (Å²) in [5.74, 6) is 0.236. The van der Waals surface area contributed by atoms with E-state index >= 15 is 0 Å². The van der Waals surface area contributed by atoms with E-state index in [1.54, 1.807) is 15.4 Å². The van der Waals surface area contributed by atoms with Gasteiger partial charge in [0.1, 0.15) is 30.2 Å². The van der Waals surface area contributed by atoms with Crippen LogP contribution in [0.3, 0.4) is 0 Å². The molecule has 1 aliphatic rings. The Bertz CT molecular complexity index is 1210. The summed E-state index contributed by atoms with van der Waals surface area (Å²) in [4.78, 5) is 16.6. The first-order chi connectivity index (χ1) is 14.5. The van der Waals surface area contributed by atoms with Gasteiger partial charge in [0.2, 0.25) is 0 Å². The molecule has 156 valence electrons. The molecule has 5 rings (SSSR count). The van der Waals surface area contributed by atoms with Crippen molar-refractivity contribution in [2.24, 2.45) is 0 Å². The number of hydrogen-bond acceptors (Lipinski definition) is 10. The third kappa shape index (κ3) is 2.97. The Labute approximate surface area is 170 Å². The number of pyridine rings is 1. The van der Waals surface area contributed by atoms with Crippen LogP contribution in [0.1, 0.15) is 11.9 Å². The Morgan fingerprint density at radius 3 is 2.90 bits per heavy atom. The van der Waals surface area contributed by atoms with E-state index in [9.17, 15) is 10.2 Å². The van der Waals surface area contributed by atoms with E-state index in [0.29, 0.717) is 24.4 Å². The zero-order valence-electron chi connectivity index (χ0n) is 16.1. The normalized spacial score (nSPS) is 24.2. The third-order valence-electron chi connectivity index (χ3n) is 5.30. The maximum atomic E-state index is 10.5. The SMILES string of the molecule is Cc1nn(CNCC2OC(n3cnc4c(N)ncnc43)C(O)C2O)c2ncccc12. The van der Waals surface area contributed by atoms with Crippen molar-refractivity contribution in [3.63, 3.8) is 0 Å².